The van der Waals surface area contributed by atoms with Crippen LogP contribution < -0.4 is 9.64 Å². The summed E-state index contributed by atoms with van der Waals surface area (Å²) in [5, 5.41) is 7.56. The number of hydrogen-bond acceptors (Lipinski definition) is 2. The summed E-state index contributed by atoms with van der Waals surface area (Å²) in [4.78, 5) is 2.49. The monoisotopic (exact) mass is 725 g/mol. The highest BCUT2D eigenvalue weighted by atomic mass is 16.5. The van der Waals surface area contributed by atoms with Crippen LogP contribution in [0.1, 0.15) is 22.3 Å². The summed E-state index contributed by atoms with van der Waals surface area (Å²) in [5.41, 5.74) is 12.4. The Bertz CT molecular complexity index is 3150. The normalized spacial score (nSPS) is 13.2. The van der Waals surface area contributed by atoms with Gasteiger partial charge in [-0.2, -0.15) is 0 Å². The number of hydrogen-bond donors (Lipinski definition) is 0. The SMILES string of the molecule is c1ccc(-c2cccc(N(c3ccc4c5ccccc5c5ccccc5c4c3)c3cccc4c3-c3ccccc3C43c4ccccc4Oc4ccccc43)c2)cc1. The lowest BCUT2D eigenvalue weighted by atomic mass is 9.66. The summed E-state index contributed by atoms with van der Waals surface area (Å²) in [6, 6.07) is 77.5. The van der Waals surface area contributed by atoms with E-state index in [0.717, 1.165) is 39.7 Å². The molecule has 1 aliphatic heterocycles. The number of benzene rings is 10. The number of para-hydroxylation sites is 2. The molecule has 0 bridgehead atoms. The summed E-state index contributed by atoms with van der Waals surface area (Å²) in [6.07, 6.45) is 0. The molecular formula is C55H35NO. The first-order chi connectivity index (χ1) is 28.3. The average Bonchev–Trinajstić information content (AvgIpc) is 3.58. The molecule has 0 radical (unpaired) electrons. The predicted octanol–water partition coefficient (Wildman–Crippen LogP) is 14.8. The van der Waals surface area contributed by atoms with Crippen molar-refractivity contribution in [1.29, 1.82) is 0 Å². The first-order valence-electron chi connectivity index (χ1n) is 19.7. The van der Waals surface area contributed by atoms with Crippen molar-refractivity contribution in [3.63, 3.8) is 0 Å². The molecule has 10 aromatic carbocycles. The van der Waals surface area contributed by atoms with Gasteiger partial charge in [-0.25, -0.2) is 0 Å². The fourth-order valence-electron chi connectivity index (χ4n) is 9.99. The minimum Gasteiger partial charge on any atom is -0.457 e. The van der Waals surface area contributed by atoms with E-state index >= 15 is 0 Å². The Hall–Kier alpha value is -7.42. The van der Waals surface area contributed by atoms with Gasteiger partial charge >= 0.3 is 0 Å². The third-order valence-electron chi connectivity index (χ3n) is 12.3. The van der Waals surface area contributed by atoms with Crippen molar-refractivity contribution in [3.8, 4) is 33.8 Å². The van der Waals surface area contributed by atoms with E-state index in [-0.39, 0.29) is 0 Å². The first-order valence-corrected chi connectivity index (χ1v) is 19.7. The van der Waals surface area contributed by atoms with E-state index < -0.39 is 5.41 Å². The van der Waals surface area contributed by atoms with Gasteiger partial charge in [-0.3, -0.25) is 0 Å². The van der Waals surface area contributed by atoms with Crippen molar-refractivity contribution in [2.75, 3.05) is 4.90 Å². The predicted molar refractivity (Wildman–Crippen MR) is 236 cm³/mol. The van der Waals surface area contributed by atoms with Gasteiger partial charge in [0.05, 0.1) is 11.1 Å². The van der Waals surface area contributed by atoms with E-state index in [0.29, 0.717) is 0 Å². The molecule has 0 fully saturated rings. The van der Waals surface area contributed by atoms with Crippen molar-refractivity contribution in [3.05, 3.63) is 235 Å². The van der Waals surface area contributed by atoms with E-state index in [1.54, 1.807) is 0 Å². The molecule has 0 atom stereocenters. The maximum absolute atomic E-state index is 6.66. The van der Waals surface area contributed by atoms with Gasteiger partial charge < -0.3 is 9.64 Å². The molecule has 2 heteroatoms. The van der Waals surface area contributed by atoms with Crippen molar-refractivity contribution in [2.24, 2.45) is 0 Å². The summed E-state index contributed by atoms with van der Waals surface area (Å²) in [7, 11) is 0. The maximum atomic E-state index is 6.66. The number of anilines is 3. The smallest absolute Gasteiger partial charge is 0.132 e. The van der Waals surface area contributed by atoms with E-state index in [1.165, 1.54) is 65.7 Å². The Morgan fingerprint density at radius 3 is 1.54 bits per heavy atom. The van der Waals surface area contributed by atoms with Gasteiger partial charge in [0.1, 0.15) is 11.5 Å². The van der Waals surface area contributed by atoms with Gasteiger partial charge in [-0.05, 0) is 103 Å². The standard InChI is InChI=1S/C55H35NO/c1-2-16-36(17-3-1)37-18-14-19-38(34-37)56(39-32-33-44-42-22-5-4-20-40(42)41-21-6-7-23-43(41)46(44)35-39)51-29-15-28-50-54(51)45-24-8-9-25-47(45)55(50)48-26-10-12-30-52(48)57-53-31-13-11-27-49(53)55/h1-35H. The van der Waals surface area contributed by atoms with Gasteiger partial charge in [0, 0.05) is 28.1 Å². The van der Waals surface area contributed by atoms with E-state index in [4.69, 9.17) is 4.74 Å². The van der Waals surface area contributed by atoms with Crippen LogP contribution in [0.5, 0.6) is 11.5 Å². The number of rotatable bonds is 4. The van der Waals surface area contributed by atoms with E-state index in [2.05, 4.69) is 217 Å². The topological polar surface area (TPSA) is 12.5 Å². The Balaban J connectivity index is 1.18. The summed E-state index contributed by atoms with van der Waals surface area (Å²) < 4.78 is 6.66. The molecule has 0 unspecified atom stereocenters. The molecule has 57 heavy (non-hydrogen) atoms. The lowest BCUT2D eigenvalue weighted by molar-refractivity contribution is 0.436. The minimum absolute atomic E-state index is 0.566. The second kappa shape index (κ2) is 12.3. The fourth-order valence-corrected chi connectivity index (χ4v) is 9.99. The molecule has 1 aliphatic carbocycles. The zero-order valence-corrected chi connectivity index (χ0v) is 31.1. The van der Waals surface area contributed by atoms with Gasteiger partial charge in [0.25, 0.3) is 0 Å². The van der Waals surface area contributed by atoms with Gasteiger partial charge in [0.15, 0.2) is 0 Å². The number of ether oxygens (including phenoxy) is 1. The molecule has 2 aliphatic rings. The van der Waals surface area contributed by atoms with Crippen LogP contribution >= 0.6 is 0 Å². The Labute approximate surface area is 331 Å². The van der Waals surface area contributed by atoms with E-state index in [9.17, 15) is 0 Å². The molecule has 1 spiro atoms. The quantitative estimate of drug-likeness (QED) is 0.168. The van der Waals surface area contributed by atoms with Crippen LogP contribution in [0.4, 0.5) is 17.1 Å². The molecule has 10 aromatic rings. The first kappa shape index (κ1) is 31.9. The molecule has 0 saturated heterocycles. The number of fused-ring (bicyclic) bond motifs is 15. The van der Waals surface area contributed by atoms with Crippen LogP contribution in [0, 0.1) is 0 Å². The van der Waals surface area contributed by atoms with Crippen molar-refractivity contribution in [1.82, 2.24) is 0 Å². The molecular weight excluding hydrogens is 691 g/mol. The maximum Gasteiger partial charge on any atom is 0.132 e. The molecule has 0 amide bonds. The van der Waals surface area contributed by atoms with Crippen LogP contribution in [-0.2, 0) is 5.41 Å². The molecule has 2 nitrogen and oxygen atoms in total. The molecule has 266 valence electrons. The van der Waals surface area contributed by atoms with Crippen LogP contribution in [0.2, 0.25) is 0 Å². The van der Waals surface area contributed by atoms with Crippen LogP contribution in [-0.4, -0.2) is 0 Å². The van der Waals surface area contributed by atoms with Crippen LogP contribution in [0.25, 0.3) is 54.6 Å². The second-order valence-electron chi connectivity index (χ2n) is 15.2. The van der Waals surface area contributed by atoms with E-state index in [1.807, 2.05) is 0 Å². The van der Waals surface area contributed by atoms with Crippen molar-refractivity contribution in [2.45, 2.75) is 5.41 Å². The Morgan fingerprint density at radius 2 is 0.842 bits per heavy atom. The van der Waals surface area contributed by atoms with Gasteiger partial charge in [0.2, 0.25) is 0 Å². The van der Waals surface area contributed by atoms with Crippen LogP contribution in [0.3, 0.4) is 0 Å². The second-order valence-corrected chi connectivity index (χ2v) is 15.2. The third-order valence-corrected chi connectivity index (χ3v) is 12.3. The highest BCUT2D eigenvalue weighted by molar-refractivity contribution is 6.26. The van der Waals surface area contributed by atoms with Crippen LogP contribution in [0.15, 0.2) is 212 Å². The number of nitrogens with zero attached hydrogens (tertiary/aromatic N) is 1. The zero-order valence-electron chi connectivity index (χ0n) is 31.1. The molecule has 0 aromatic heterocycles. The van der Waals surface area contributed by atoms with Crippen molar-refractivity contribution < 1.29 is 4.74 Å². The summed E-state index contributed by atoms with van der Waals surface area (Å²) in [5.74, 6) is 1.79. The Morgan fingerprint density at radius 1 is 0.333 bits per heavy atom. The third kappa shape index (κ3) is 4.53. The molecule has 0 saturated carbocycles. The lowest BCUT2D eigenvalue weighted by Gasteiger charge is -2.39. The summed E-state index contributed by atoms with van der Waals surface area (Å²) in [6.45, 7) is 0. The molecule has 1 heterocycles. The largest absolute Gasteiger partial charge is 0.457 e. The highest BCUT2D eigenvalue weighted by Crippen LogP contribution is 2.64. The Kier molecular flexibility index (Phi) is 6.88. The highest BCUT2D eigenvalue weighted by Gasteiger charge is 2.51. The average molecular weight is 726 g/mol. The van der Waals surface area contributed by atoms with Gasteiger partial charge in [-0.1, -0.05) is 170 Å². The van der Waals surface area contributed by atoms with Crippen molar-refractivity contribution >= 4 is 49.4 Å². The summed E-state index contributed by atoms with van der Waals surface area (Å²) >= 11 is 0. The molecule has 12 rings (SSSR count). The fraction of sp³-hybridized carbons (Fsp3) is 0.0182. The molecule has 0 N–H and O–H groups in total. The minimum atomic E-state index is -0.566. The lowest BCUT2D eigenvalue weighted by Crippen LogP contribution is -2.32. The zero-order chi connectivity index (χ0) is 37.5. The van der Waals surface area contributed by atoms with Gasteiger partial charge in [-0.15, -0.1) is 0 Å².